The van der Waals surface area contributed by atoms with E-state index in [0.29, 0.717) is 6.54 Å². The highest BCUT2D eigenvalue weighted by Gasteiger charge is 1.95. The second-order valence-corrected chi connectivity index (χ2v) is 3.03. The highest BCUT2D eigenvalue weighted by molar-refractivity contribution is 5.78. The number of hydrogen-bond donors (Lipinski definition) is 3. The number of aromatic nitrogens is 1. The van der Waals surface area contributed by atoms with E-state index in [9.17, 15) is 0 Å². The summed E-state index contributed by atoms with van der Waals surface area (Å²) < 4.78 is 0. The van der Waals surface area contributed by atoms with Gasteiger partial charge in [-0.05, 0) is 23.8 Å². The van der Waals surface area contributed by atoms with Crippen LogP contribution in [0.4, 0.5) is 0 Å². The molecule has 2 aromatic rings. The SMILES string of the molecule is NNNCc1ccc2ncccc2c1. The number of hydrazine groups is 2. The fourth-order valence-electron chi connectivity index (χ4n) is 1.39. The molecule has 0 radical (unpaired) electrons. The zero-order valence-electron chi connectivity index (χ0n) is 7.70. The van der Waals surface area contributed by atoms with Crippen LogP contribution in [0, 0.1) is 0 Å². The summed E-state index contributed by atoms with van der Waals surface area (Å²) in [4.78, 5) is 4.24. The molecule has 0 aliphatic heterocycles. The number of fused-ring (bicyclic) bond motifs is 1. The normalized spacial score (nSPS) is 10.6. The van der Waals surface area contributed by atoms with Gasteiger partial charge in [-0.3, -0.25) is 10.8 Å². The van der Waals surface area contributed by atoms with Gasteiger partial charge in [-0.2, -0.15) is 5.53 Å². The predicted octanol–water partition coefficient (Wildman–Crippen LogP) is 0.703. The van der Waals surface area contributed by atoms with Crippen LogP contribution in [0.5, 0.6) is 0 Å². The van der Waals surface area contributed by atoms with Crippen molar-refractivity contribution in [2.75, 3.05) is 0 Å². The lowest BCUT2D eigenvalue weighted by Crippen LogP contribution is -2.36. The van der Waals surface area contributed by atoms with Gasteiger partial charge in [0, 0.05) is 18.1 Å². The molecule has 0 fully saturated rings. The highest BCUT2D eigenvalue weighted by atomic mass is 15.5. The van der Waals surface area contributed by atoms with Crippen molar-refractivity contribution in [1.29, 1.82) is 0 Å². The topological polar surface area (TPSA) is 63.0 Å². The molecule has 0 amide bonds. The van der Waals surface area contributed by atoms with Gasteiger partial charge >= 0.3 is 0 Å². The quantitative estimate of drug-likeness (QED) is 0.490. The van der Waals surface area contributed by atoms with Gasteiger partial charge in [-0.1, -0.05) is 12.1 Å². The van der Waals surface area contributed by atoms with E-state index in [4.69, 9.17) is 5.84 Å². The molecule has 14 heavy (non-hydrogen) atoms. The van der Waals surface area contributed by atoms with E-state index < -0.39 is 0 Å². The molecular weight excluding hydrogens is 176 g/mol. The van der Waals surface area contributed by atoms with Crippen LogP contribution in [0.25, 0.3) is 10.9 Å². The monoisotopic (exact) mass is 188 g/mol. The minimum Gasteiger partial charge on any atom is -0.258 e. The summed E-state index contributed by atoms with van der Waals surface area (Å²) in [5, 5.41) is 1.14. The maximum atomic E-state index is 5.12. The molecule has 0 bridgehead atoms. The van der Waals surface area contributed by atoms with E-state index in [2.05, 4.69) is 22.0 Å². The first-order valence-corrected chi connectivity index (χ1v) is 4.42. The maximum absolute atomic E-state index is 5.12. The molecule has 4 heteroatoms. The molecule has 1 heterocycles. The average Bonchev–Trinajstić information content (AvgIpc) is 2.26. The van der Waals surface area contributed by atoms with Gasteiger partial charge in [-0.15, -0.1) is 0 Å². The Balaban J connectivity index is 2.32. The van der Waals surface area contributed by atoms with E-state index in [1.54, 1.807) is 6.20 Å². The smallest absolute Gasteiger partial charge is 0.0702 e. The van der Waals surface area contributed by atoms with Crippen molar-refractivity contribution in [2.24, 2.45) is 5.84 Å². The predicted molar refractivity (Wildman–Crippen MR) is 55.9 cm³/mol. The maximum Gasteiger partial charge on any atom is 0.0702 e. The fourth-order valence-corrected chi connectivity index (χ4v) is 1.39. The molecular formula is C10H12N4. The summed E-state index contributed by atoms with van der Waals surface area (Å²) in [6.45, 7) is 0.696. The van der Waals surface area contributed by atoms with Crippen LogP contribution in [0.2, 0.25) is 0 Å². The summed E-state index contributed by atoms with van der Waals surface area (Å²) in [6, 6.07) is 10.1. The minimum absolute atomic E-state index is 0.696. The molecule has 0 saturated carbocycles. The Bertz CT molecular complexity index is 427. The third-order valence-electron chi connectivity index (χ3n) is 2.06. The Labute approximate surface area is 82.1 Å². The van der Waals surface area contributed by atoms with Crippen LogP contribution in [0.1, 0.15) is 5.56 Å². The summed E-state index contributed by atoms with van der Waals surface area (Å²) in [5.41, 5.74) is 7.42. The first-order valence-electron chi connectivity index (χ1n) is 4.42. The number of hydrogen-bond acceptors (Lipinski definition) is 4. The Morgan fingerprint density at radius 3 is 3.07 bits per heavy atom. The van der Waals surface area contributed by atoms with E-state index in [-0.39, 0.29) is 0 Å². The van der Waals surface area contributed by atoms with Crippen molar-refractivity contribution < 1.29 is 0 Å². The summed E-state index contributed by atoms with van der Waals surface area (Å²) >= 11 is 0. The Kier molecular flexibility index (Phi) is 2.69. The Hall–Kier alpha value is -1.49. The number of rotatable bonds is 3. The lowest BCUT2D eigenvalue weighted by Gasteiger charge is -2.03. The van der Waals surface area contributed by atoms with Gasteiger partial charge in [-0.25, -0.2) is 5.43 Å². The van der Waals surface area contributed by atoms with E-state index in [1.807, 2.05) is 24.3 Å². The van der Waals surface area contributed by atoms with Gasteiger partial charge in [0.15, 0.2) is 0 Å². The highest BCUT2D eigenvalue weighted by Crippen LogP contribution is 2.12. The van der Waals surface area contributed by atoms with Gasteiger partial charge in [0.25, 0.3) is 0 Å². The number of benzene rings is 1. The van der Waals surface area contributed by atoms with Crippen molar-refractivity contribution in [2.45, 2.75) is 6.54 Å². The Morgan fingerprint density at radius 1 is 1.29 bits per heavy atom. The standard InChI is InChI=1S/C10H12N4/c11-14-13-7-8-3-4-10-9(6-8)2-1-5-12-10/h1-6,13-14H,7,11H2. The summed E-state index contributed by atoms with van der Waals surface area (Å²) in [6.07, 6.45) is 1.79. The van der Waals surface area contributed by atoms with Crippen LogP contribution < -0.4 is 16.8 Å². The number of pyridine rings is 1. The second-order valence-electron chi connectivity index (χ2n) is 3.03. The van der Waals surface area contributed by atoms with Crippen molar-refractivity contribution in [1.82, 2.24) is 15.9 Å². The van der Waals surface area contributed by atoms with Gasteiger partial charge in [0.05, 0.1) is 5.52 Å². The molecule has 1 aromatic carbocycles. The number of nitrogens with one attached hydrogen (secondary N) is 2. The molecule has 1 aromatic heterocycles. The fraction of sp³-hybridized carbons (Fsp3) is 0.100. The molecule has 0 saturated heterocycles. The van der Waals surface area contributed by atoms with Crippen molar-refractivity contribution in [3.8, 4) is 0 Å². The molecule has 4 nitrogen and oxygen atoms in total. The molecule has 72 valence electrons. The van der Waals surface area contributed by atoms with Crippen LogP contribution in [-0.4, -0.2) is 4.98 Å². The number of nitrogens with zero attached hydrogens (tertiary/aromatic N) is 1. The lowest BCUT2D eigenvalue weighted by atomic mass is 10.1. The summed E-state index contributed by atoms with van der Waals surface area (Å²) in [5.74, 6) is 5.12. The van der Waals surface area contributed by atoms with Gasteiger partial charge in [0.2, 0.25) is 0 Å². The molecule has 0 unspecified atom stereocenters. The molecule has 0 aliphatic carbocycles. The average molecular weight is 188 g/mol. The van der Waals surface area contributed by atoms with E-state index >= 15 is 0 Å². The molecule has 0 aliphatic rings. The molecule has 0 atom stereocenters. The van der Waals surface area contributed by atoms with Crippen LogP contribution in [0.3, 0.4) is 0 Å². The largest absolute Gasteiger partial charge is 0.258 e. The number of nitrogens with two attached hydrogens (primary N) is 1. The van der Waals surface area contributed by atoms with Crippen molar-refractivity contribution >= 4 is 10.9 Å². The van der Waals surface area contributed by atoms with Crippen LogP contribution >= 0.6 is 0 Å². The zero-order valence-corrected chi connectivity index (χ0v) is 7.70. The van der Waals surface area contributed by atoms with Crippen molar-refractivity contribution in [3.05, 3.63) is 42.1 Å². The van der Waals surface area contributed by atoms with Gasteiger partial charge in [0.1, 0.15) is 0 Å². The first-order chi connectivity index (χ1) is 6.90. The first kappa shape index (κ1) is 9.08. The Morgan fingerprint density at radius 2 is 2.21 bits per heavy atom. The van der Waals surface area contributed by atoms with E-state index in [1.165, 1.54) is 5.56 Å². The van der Waals surface area contributed by atoms with Crippen molar-refractivity contribution in [3.63, 3.8) is 0 Å². The lowest BCUT2D eigenvalue weighted by molar-refractivity contribution is 0.553. The third kappa shape index (κ3) is 1.88. The van der Waals surface area contributed by atoms with Crippen LogP contribution in [-0.2, 0) is 6.54 Å². The molecule has 2 rings (SSSR count). The molecule has 0 spiro atoms. The second kappa shape index (κ2) is 4.15. The van der Waals surface area contributed by atoms with Crippen LogP contribution in [0.15, 0.2) is 36.5 Å². The third-order valence-corrected chi connectivity index (χ3v) is 2.06. The van der Waals surface area contributed by atoms with Gasteiger partial charge < -0.3 is 0 Å². The minimum atomic E-state index is 0.696. The molecule has 4 N–H and O–H groups in total. The van der Waals surface area contributed by atoms with E-state index in [0.717, 1.165) is 10.9 Å². The summed E-state index contributed by atoms with van der Waals surface area (Å²) in [7, 11) is 0. The zero-order chi connectivity index (χ0) is 9.80.